The number of aromatic nitrogens is 4. The molecule has 1 aliphatic rings. The second-order valence-electron chi connectivity index (χ2n) is 7.15. The number of ether oxygens (including phenoxy) is 1. The van der Waals surface area contributed by atoms with Gasteiger partial charge in [-0.25, -0.2) is 15.0 Å². The van der Waals surface area contributed by atoms with Crippen molar-refractivity contribution in [2.45, 2.75) is 44.8 Å². The molecule has 2 aromatic heterocycles. The number of rotatable bonds is 7. The van der Waals surface area contributed by atoms with Crippen molar-refractivity contribution in [3.63, 3.8) is 0 Å². The van der Waals surface area contributed by atoms with Crippen LogP contribution >= 0.6 is 0 Å². The van der Waals surface area contributed by atoms with Gasteiger partial charge in [0.1, 0.15) is 5.82 Å². The highest BCUT2D eigenvalue weighted by Crippen LogP contribution is 2.34. The van der Waals surface area contributed by atoms with Gasteiger partial charge in [0.2, 0.25) is 5.95 Å². The molecule has 9 heteroatoms. The Bertz CT molecular complexity index is 1140. The molecular formula is C21H21N5O4. The van der Waals surface area contributed by atoms with Crippen LogP contribution < -0.4 is 10.9 Å². The van der Waals surface area contributed by atoms with Crippen LogP contribution in [-0.2, 0) is 20.7 Å². The molecule has 0 bridgehead atoms. The highest BCUT2D eigenvalue weighted by molar-refractivity contribution is 5.93. The Balaban J connectivity index is 1.41. The Morgan fingerprint density at radius 1 is 1.20 bits per heavy atom. The summed E-state index contributed by atoms with van der Waals surface area (Å²) in [5, 5.41) is 3.06. The molecule has 1 N–H and O–H groups in total. The van der Waals surface area contributed by atoms with Crippen LogP contribution in [0.4, 0.5) is 5.95 Å². The molecule has 154 valence electrons. The molecule has 2 heterocycles. The van der Waals surface area contributed by atoms with Crippen molar-refractivity contribution in [2.75, 3.05) is 5.32 Å². The lowest BCUT2D eigenvalue weighted by Gasteiger charge is -2.14. The maximum absolute atomic E-state index is 12.9. The number of carbonyl (C=O) groups excluding carboxylic acids is 2. The van der Waals surface area contributed by atoms with E-state index in [1.54, 1.807) is 22.8 Å². The predicted octanol–water partition coefficient (Wildman–Crippen LogP) is 2.02. The third kappa shape index (κ3) is 4.35. The smallest absolute Gasteiger partial charge is 0.307 e. The van der Waals surface area contributed by atoms with Gasteiger partial charge in [-0.3, -0.25) is 24.3 Å². The van der Waals surface area contributed by atoms with Gasteiger partial charge in [0.15, 0.2) is 6.10 Å². The molecule has 1 atom stereocenters. The summed E-state index contributed by atoms with van der Waals surface area (Å²) in [6.45, 7) is 1.48. The number of benzene rings is 1. The number of amides is 1. The van der Waals surface area contributed by atoms with E-state index >= 15 is 0 Å². The number of nitrogens with zero attached hydrogens (tertiary/aromatic N) is 4. The van der Waals surface area contributed by atoms with Gasteiger partial charge < -0.3 is 4.74 Å². The van der Waals surface area contributed by atoms with E-state index in [1.807, 2.05) is 12.1 Å². The van der Waals surface area contributed by atoms with E-state index in [2.05, 4.69) is 20.3 Å². The third-order valence-corrected chi connectivity index (χ3v) is 4.82. The van der Waals surface area contributed by atoms with Crippen LogP contribution in [0.3, 0.4) is 0 Å². The maximum Gasteiger partial charge on any atom is 0.307 e. The molecule has 0 aliphatic heterocycles. The molecule has 0 radical (unpaired) electrons. The fourth-order valence-electron chi connectivity index (χ4n) is 3.18. The Kier molecular flexibility index (Phi) is 5.51. The molecular weight excluding hydrogens is 386 g/mol. The molecule has 30 heavy (non-hydrogen) atoms. The van der Waals surface area contributed by atoms with E-state index in [1.165, 1.54) is 19.3 Å². The summed E-state index contributed by atoms with van der Waals surface area (Å²) < 4.78 is 6.91. The van der Waals surface area contributed by atoms with Gasteiger partial charge in [-0.1, -0.05) is 12.1 Å². The molecule has 1 aliphatic carbocycles. The van der Waals surface area contributed by atoms with Crippen LogP contribution in [0.1, 0.15) is 38.1 Å². The average molecular weight is 407 g/mol. The largest absolute Gasteiger partial charge is 0.453 e. The number of anilines is 1. The summed E-state index contributed by atoms with van der Waals surface area (Å²) in [7, 11) is 0. The molecule has 1 unspecified atom stereocenters. The molecule has 1 fully saturated rings. The Hall–Kier alpha value is -3.62. The van der Waals surface area contributed by atoms with E-state index in [0.29, 0.717) is 16.7 Å². The lowest BCUT2D eigenvalue weighted by molar-refractivity contribution is -0.153. The van der Waals surface area contributed by atoms with Crippen LogP contribution in [-0.4, -0.2) is 37.5 Å². The molecule has 1 saturated carbocycles. The Morgan fingerprint density at radius 3 is 2.67 bits per heavy atom. The van der Waals surface area contributed by atoms with Crippen molar-refractivity contribution in [3.05, 3.63) is 58.9 Å². The highest BCUT2D eigenvalue weighted by Gasteiger charge is 2.28. The Labute approximate surface area is 172 Å². The summed E-state index contributed by atoms with van der Waals surface area (Å²) in [4.78, 5) is 49.7. The first-order valence-electron chi connectivity index (χ1n) is 9.80. The van der Waals surface area contributed by atoms with Crippen LogP contribution in [0.15, 0.2) is 47.5 Å². The number of hydrogen-bond acceptors (Lipinski definition) is 7. The van der Waals surface area contributed by atoms with E-state index in [4.69, 9.17) is 4.74 Å². The summed E-state index contributed by atoms with van der Waals surface area (Å²) in [6.07, 6.45) is 4.11. The summed E-state index contributed by atoms with van der Waals surface area (Å²) >= 11 is 0. The first-order chi connectivity index (χ1) is 14.5. The fourth-order valence-corrected chi connectivity index (χ4v) is 3.18. The Morgan fingerprint density at radius 2 is 1.93 bits per heavy atom. The van der Waals surface area contributed by atoms with Crippen LogP contribution in [0, 0.1) is 0 Å². The molecule has 3 aromatic rings. The second kappa shape index (κ2) is 8.40. The standard InChI is InChI=1S/C21H21N5O4/c1-13(19(28)25-21-22-11-4-12-23-21)30-18(27)10-9-17-24-16-6-3-2-5-15(16)20(29)26(17)14-7-8-14/h2-6,11-14H,7-10H2,1H3,(H,22,23,25,28). The van der Waals surface area contributed by atoms with Gasteiger partial charge in [0, 0.05) is 24.9 Å². The maximum atomic E-state index is 12.9. The molecule has 0 spiro atoms. The SMILES string of the molecule is CC(OC(=O)CCc1nc2ccccc2c(=O)n1C1CC1)C(=O)Nc1ncccn1. The van der Waals surface area contributed by atoms with Gasteiger partial charge >= 0.3 is 5.97 Å². The number of nitrogens with one attached hydrogen (secondary N) is 1. The number of hydrogen-bond donors (Lipinski definition) is 1. The fraction of sp³-hybridized carbons (Fsp3) is 0.333. The number of fused-ring (bicyclic) bond motifs is 1. The van der Waals surface area contributed by atoms with E-state index in [9.17, 15) is 14.4 Å². The number of esters is 1. The normalized spacial score (nSPS) is 14.3. The zero-order valence-electron chi connectivity index (χ0n) is 16.4. The van der Waals surface area contributed by atoms with Crippen molar-refractivity contribution in [3.8, 4) is 0 Å². The van der Waals surface area contributed by atoms with Crippen LogP contribution in [0.5, 0.6) is 0 Å². The first kappa shape index (κ1) is 19.7. The lowest BCUT2D eigenvalue weighted by atomic mass is 10.2. The summed E-state index contributed by atoms with van der Waals surface area (Å²) in [5.74, 6) is -0.364. The van der Waals surface area contributed by atoms with Crippen molar-refractivity contribution < 1.29 is 14.3 Å². The summed E-state index contributed by atoms with van der Waals surface area (Å²) in [5.41, 5.74) is 0.528. The molecule has 1 aromatic carbocycles. The third-order valence-electron chi connectivity index (χ3n) is 4.82. The van der Waals surface area contributed by atoms with Gasteiger partial charge in [-0.2, -0.15) is 0 Å². The molecule has 4 rings (SSSR count). The minimum Gasteiger partial charge on any atom is -0.453 e. The highest BCUT2D eigenvalue weighted by atomic mass is 16.5. The van der Waals surface area contributed by atoms with Crippen molar-refractivity contribution in [1.29, 1.82) is 0 Å². The zero-order chi connectivity index (χ0) is 21.1. The first-order valence-corrected chi connectivity index (χ1v) is 9.80. The van der Waals surface area contributed by atoms with Gasteiger partial charge in [-0.15, -0.1) is 0 Å². The van der Waals surface area contributed by atoms with Crippen LogP contribution in [0.25, 0.3) is 10.9 Å². The molecule has 1 amide bonds. The number of carbonyl (C=O) groups is 2. The number of para-hydroxylation sites is 1. The van der Waals surface area contributed by atoms with E-state index < -0.39 is 18.0 Å². The number of aryl methyl sites for hydroxylation is 1. The predicted molar refractivity (Wildman–Crippen MR) is 109 cm³/mol. The minimum atomic E-state index is -1.00. The quantitative estimate of drug-likeness (QED) is 0.596. The molecule has 0 saturated heterocycles. The minimum absolute atomic E-state index is 0.0109. The molecule has 9 nitrogen and oxygen atoms in total. The van der Waals surface area contributed by atoms with Crippen molar-refractivity contribution >= 4 is 28.7 Å². The van der Waals surface area contributed by atoms with Crippen molar-refractivity contribution in [2.24, 2.45) is 0 Å². The van der Waals surface area contributed by atoms with Crippen LogP contribution in [0.2, 0.25) is 0 Å². The topological polar surface area (TPSA) is 116 Å². The summed E-state index contributed by atoms with van der Waals surface area (Å²) in [6, 6.07) is 8.95. The lowest BCUT2D eigenvalue weighted by Crippen LogP contribution is -2.31. The average Bonchev–Trinajstić information content (AvgIpc) is 3.58. The van der Waals surface area contributed by atoms with Crippen molar-refractivity contribution in [1.82, 2.24) is 19.5 Å². The van der Waals surface area contributed by atoms with E-state index in [0.717, 1.165) is 12.8 Å². The monoisotopic (exact) mass is 407 g/mol. The van der Waals surface area contributed by atoms with Gasteiger partial charge in [0.25, 0.3) is 11.5 Å². The van der Waals surface area contributed by atoms with E-state index in [-0.39, 0.29) is 30.4 Å². The second-order valence-corrected chi connectivity index (χ2v) is 7.15. The zero-order valence-corrected chi connectivity index (χ0v) is 16.4. The van der Waals surface area contributed by atoms with Gasteiger partial charge in [-0.05, 0) is 38.0 Å². The van der Waals surface area contributed by atoms with Gasteiger partial charge in [0.05, 0.1) is 17.3 Å².